The highest BCUT2D eigenvalue weighted by Crippen LogP contribution is 2.20. The van der Waals surface area contributed by atoms with E-state index in [-0.39, 0.29) is 6.03 Å². The maximum absolute atomic E-state index is 11.5. The minimum absolute atomic E-state index is 0.186. The predicted molar refractivity (Wildman–Crippen MR) is 94.5 cm³/mol. The van der Waals surface area contributed by atoms with Crippen LogP contribution in [0.15, 0.2) is 30.3 Å². The van der Waals surface area contributed by atoms with E-state index in [1.54, 1.807) is 0 Å². The Morgan fingerprint density at radius 2 is 1.82 bits per heavy atom. The largest absolute Gasteiger partial charge is 0.338 e. The first-order valence-corrected chi connectivity index (χ1v) is 7.97. The van der Waals surface area contributed by atoms with Crippen LogP contribution in [0.1, 0.15) is 52.7 Å². The lowest BCUT2D eigenvalue weighted by molar-refractivity contribution is 0.252. The zero-order valence-corrected chi connectivity index (χ0v) is 14.2. The molecule has 0 radical (unpaired) electrons. The van der Waals surface area contributed by atoms with E-state index < -0.39 is 0 Å². The molecule has 0 saturated heterocycles. The van der Waals surface area contributed by atoms with Gasteiger partial charge in [-0.3, -0.25) is 4.98 Å². The first-order valence-electron chi connectivity index (χ1n) is 7.97. The second-order valence-corrected chi connectivity index (χ2v) is 5.49. The molecule has 0 fully saturated rings. The van der Waals surface area contributed by atoms with Crippen molar-refractivity contribution in [2.75, 3.05) is 11.9 Å². The SMILES string of the molecule is CCC.CCNC(=O)Nc1ccc2nc(C(C)C)ccc2c1. The van der Waals surface area contributed by atoms with Crippen LogP contribution in [0, 0.1) is 0 Å². The topological polar surface area (TPSA) is 54.0 Å². The van der Waals surface area contributed by atoms with Crippen molar-refractivity contribution in [2.24, 2.45) is 0 Å². The van der Waals surface area contributed by atoms with E-state index in [1.807, 2.05) is 37.3 Å². The van der Waals surface area contributed by atoms with Crippen LogP contribution in [0.4, 0.5) is 10.5 Å². The fourth-order valence-corrected chi connectivity index (χ4v) is 1.88. The quantitative estimate of drug-likeness (QED) is 0.845. The van der Waals surface area contributed by atoms with Crippen LogP contribution in [0.2, 0.25) is 0 Å². The lowest BCUT2D eigenvalue weighted by atomic mass is 10.1. The maximum atomic E-state index is 11.5. The molecule has 0 spiro atoms. The van der Waals surface area contributed by atoms with Crippen molar-refractivity contribution in [2.45, 2.75) is 47.0 Å². The number of carbonyl (C=O) groups is 1. The van der Waals surface area contributed by atoms with Crippen LogP contribution in [0.3, 0.4) is 0 Å². The van der Waals surface area contributed by atoms with Gasteiger partial charge >= 0.3 is 6.03 Å². The maximum Gasteiger partial charge on any atom is 0.319 e. The van der Waals surface area contributed by atoms with E-state index >= 15 is 0 Å². The van der Waals surface area contributed by atoms with Gasteiger partial charge in [0, 0.05) is 23.3 Å². The van der Waals surface area contributed by atoms with E-state index in [9.17, 15) is 4.79 Å². The van der Waals surface area contributed by atoms with Gasteiger partial charge in [-0.2, -0.15) is 0 Å². The van der Waals surface area contributed by atoms with Crippen LogP contribution >= 0.6 is 0 Å². The molecule has 0 aliphatic heterocycles. The van der Waals surface area contributed by atoms with Gasteiger partial charge in [0.25, 0.3) is 0 Å². The van der Waals surface area contributed by atoms with Gasteiger partial charge in [0.05, 0.1) is 5.52 Å². The van der Waals surface area contributed by atoms with E-state index in [2.05, 4.69) is 43.3 Å². The summed E-state index contributed by atoms with van der Waals surface area (Å²) in [5.41, 5.74) is 2.81. The van der Waals surface area contributed by atoms with Crippen molar-refractivity contribution >= 4 is 22.6 Å². The summed E-state index contributed by atoms with van der Waals surface area (Å²) in [5, 5.41) is 6.52. The molecule has 0 atom stereocenters. The van der Waals surface area contributed by atoms with Gasteiger partial charge in [-0.1, -0.05) is 40.2 Å². The molecule has 0 bridgehead atoms. The number of aromatic nitrogens is 1. The normalized spacial score (nSPS) is 10.1. The summed E-state index contributed by atoms with van der Waals surface area (Å²) in [5.74, 6) is 0.414. The number of anilines is 1. The van der Waals surface area contributed by atoms with E-state index in [4.69, 9.17) is 0 Å². The first-order chi connectivity index (χ1) is 10.5. The van der Waals surface area contributed by atoms with Crippen molar-refractivity contribution in [1.82, 2.24) is 10.3 Å². The van der Waals surface area contributed by atoms with Gasteiger partial charge in [0.15, 0.2) is 0 Å². The lowest BCUT2D eigenvalue weighted by Crippen LogP contribution is -2.28. The predicted octanol–water partition coefficient (Wildman–Crippen LogP) is 4.92. The van der Waals surface area contributed by atoms with Crippen LogP contribution in [0.25, 0.3) is 10.9 Å². The van der Waals surface area contributed by atoms with Crippen LogP contribution in [0.5, 0.6) is 0 Å². The number of fused-ring (bicyclic) bond motifs is 1. The smallest absolute Gasteiger partial charge is 0.319 e. The lowest BCUT2D eigenvalue weighted by Gasteiger charge is -2.09. The van der Waals surface area contributed by atoms with Gasteiger partial charge in [-0.15, -0.1) is 0 Å². The summed E-state index contributed by atoms with van der Waals surface area (Å²) in [6, 6.07) is 9.62. The zero-order valence-electron chi connectivity index (χ0n) is 14.2. The summed E-state index contributed by atoms with van der Waals surface area (Å²) < 4.78 is 0. The fraction of sp³-hybridized carbons (Fsp3) is 0.444. The molecule has 2 rings (SSSR count). The molecule has 2 aromatic rings. The molecule has 0 saturated carbocycles. The monoisotopic (exact) mass is 301 g/mol. The van der Waals surface area contributed by atoms with Gasteiger partial charge in [0.2, 0.25) is 0 Å². The molecule has 0 unspecified atom stereocenters. The number of rotatable bonds is 3. The van der Waals surface area contributed by atoms with Crippen molar-refractivity contribution < 1.29 is 4.79 Å². The summed E-state index contributed by atoms with van der Waals surface area (Å²) in [6.45, 7) is 11.0. The third-order valence-electron chi connectivity index (χ3n) is 2.90. The molecule has 1 aromatic heterocycles. The number of hydrogen-bond acceptors (Lipinski definition) is 2. The number of nitrogens with zero attached hydrogens (tertiary/aromatic N) is 1. The second-order valence-electron chi connectivity index (χ2n) is 5.49. The molecule has 0 aliphatic rings. The average Bonchev–Trinajstić information content (AvgIpc) is 2.47. The Morgan fingerprint density at radius 1 is 1.14 bits per heavy atom. The Bertz CT molecular complexity index is 608. The molecule has 0 aliphatic carbocycles. The third kappa shape index (κ3) is 5.35. The summed E-state index contributed by atoms with van der Waals surface area (Å²) >= 11 is 0. The number of amides is 2. The fourth-order valence-electron chi connectivity index (χ4n) is 1.88. The Labute approximate surface area is 133 Å². The van der Waals surface area contributed by atoms with Crippen molar-refractivity contribution in [1.29, 1.82) is 0 Å². The summed E-state index contributed by atoms with van der Waals surface area (Å²) in [7, 11) is 0. The number of carbonyl (C=O) groups excluding carboxylic acids is 1. The standard InChI is InChI=1S/C15H19N3O.C3H8/c1-4-16-15(19)17-12-6-8-14-11(9-12)5-7-13(18-14)10(2)3;1-3-2/h5-10H,4H2,1-3H3,(H2,16,17,19);3H2,1-2H3. The van der Waals surface area contributed by atoms with Crippen LogP contribution in [-0.2, 0) is 0 Å². The number of pyridine rings is 1. The van der Waals surface area contributed by atoms with Crippen molar-refractivity contribution in [3.05, 3.63) is 36.0 Å². The number of nitrogens with one attached hydrogen (secondary N) is 2. The summed E-state index contributed by atoms with van der Waals surface area (Å²) in [6.07, 6.45) is 1.25. The van der Waals surface area contributed by atoms with Gasteiger partial charge in [-0.25, -0.2) is 4.79 Å². The molecule has 4 heteroatoms. The van der Waals surface area contributed by atoms with Crippen LogP contribution in [-0.4, -0.2) is 17.6 Å². The molecule has 2 amide bonds. The molecular formula is C18H27N3O. The van der Waals surface area contributed by atoms with Crippen LogP contribution < -0.4 is 10.6 Å². The highest BCUT2D eigenvalue weighted by atomic mass is 16.2. The van der Waals surface area contributed by atoms with E-state index in [0.29, 0.717) is 12.5 Å². The highest BCUT2D eigenvalue weighted by molar-refractivity contribution is 5.92. The zero-order chi connectivity index (χ0) is 16.5. The minimum Gasteiger partial charge on any atom is -0.338 e. The minimum atomic E-state index is -0.186. The van der Waals surface area contributed by atoms with Gasteiger partial charge < -0.3 is 10.6 Å². The molecular weight excluding hydrogens is 274 g/mol. The van der Waals surface area contributed by atoms with E-state index in [0.717, 1.165) is 22.3 Å². The second kappa shape index (κ2) is 9.03. The Kier molecular flexibility index (Phi) is 7.37. The highest BCUT2D eigenvalue weighted by Gasteiger charge is 2.04. The molecule has 22 heavy (non-hydrogen) atoms. The van der Waals surface area contributed by atoms with Gasteiger partial charge in [-0.05, 0) is 37.1 Å². The van der Waals surface area contributed by atoms with Crippen molar-refractivity contribution in [3.8, 4) is 0 Å². The van der Waals surface area contributed by atoms with E-state index in [1.165, 1.54) is 6.42 Å². The molecule has 2 N–H and O–H groups in total. The number of benzene rings is 1. The number of hydrogen-bond donors (Lipinski definition) is 2. The Balaban J connectivity index is 0.000000745. The van der Waals surface area contributed by atoms with Gasteiger partial charge in [0.1, 0.15) is 0 Å². The average molecular weight is 301 g/mol. The molecule has 4 nitrogen and oxygen atoms in total. The third-order valence-corrected chi connectivity index (χ3v) is 2.90. The van der Waals surface area contributed by atoms with Crippen molar-refractivity contribution in [3.63, 3.8) is 0 Å². The summed E-state index contributed by atoms with van der Waals surface area (Å²) in [4.78, 5) is 16.1. The first kappa shape index (κ1) is 18.0. The number of urea groups is 1. The Hall–Kier alpha value is -2.10. The molecule has 1 heterocycles. The Morgan fingerprint density at radius 3 is 2.41 bits per heavy atom. The molecule has 1 aromatic carbocycles. The molecule has 120 valence electrons.